The second kappa shape index (κ2) is 9.22. The molecule has 0 aromatic carbocycles. The molecule has 182 valence electrons. The number of phosphoric acid groups is 3. The Morgan fingerprint density at radius 1 is 1.19 bits per heavy atom. The average Bonchev–Trinajstić information content (AvgIpc) is 2.93. The van der Waals surface area contributed by atoms with Gasteiger partial charge in [0.15, 0.2) is 6.23 Å². The largest absolute Gasteiger partial charge is 0.492 e. The number of methoxy groups -OCH3 is 1. The van der Waals surface area contributed by atoms with Crippen molar-refractivity contribution >= 4 is 35.3 Å². The summed E-state index contributed by atoms with van der Waals surface area (Å²) < 4.78 is 61.7. The molecule has 3 aliphatic rings. The molecule has 3 unspecified atom stereocenters. The molecule has 0 spiro atoms. The Morgan fingerprint density at radius 2 is 1.81 bits per heavy atom. The molecule has 3 heterocycles. The minimum absolute atomic E-state index is 0.0149. The Balaban J connectivity index is 1.68. The second-order valence-electron chi connectivity index (χ2n) is 6.56. The van der Waals surface area contributed by atoms with Crippen LogP contribution < -0.4 is 5.32 Å². The number of esters is 1. The molecule has 0 aromatic heterocycles. The number of carbonyl (C=O) groups is 2. The van der Waals surface area contributed by atoms with E-state index >= 15 is 0 Å². The van der Waals surface area contributed by atoms with Gasteiger partial charge in [0.1, 0.15) is 18.3 Å². The van der Waals surface area contributed by atoms with Gasteiger partial charge in [0.25, 0.3) is 5.91 Å². The summed E-state index contributed by atoms with van der Waals surface area (Å²) >= 11 is 0. The van der Waals surface area contributed by atoms with Crippen LogP contribution in [0.15, 0.2) is 11.8 Å². The lowest BCUT2D eigenvalue weighted by Gasteiger charge is -2.33. The molecule has 0 aromatic rings. The number of amides is 1. The Morgan fingerprint density at radius 3 is 2.41 bits per heavy atom. The van der Waals surface area contributed by atoms with Gasteiger partial charge in [-0.3, -0.25) is 14.1 Å². The highest BCUT2D eigenvalue weighted by Crippen LogP contribution is 2.80. The van der Waals surface area contributed by atoms with Crippen molar-refractivity contribution in [2.24, 2.45) is 0 Å². The van der Waals surface area contributed by atoms with Gasteiger partial charge >= 0.3 is 29.4 Å². The van der Waals surface area contributed by atoms with E-state index in [1.165, 1.54) is 11.1 Å². The van der Waals surface area contributed by atoms with Crippen LogP contribution in [-0.2, 0) is 50.2 Å². The maximum Gasteiger partial charge on any atom is 0.492 e. The number of carbonyl (C=O) groups excluding carboxylic acids is 2. The molecule has 3 rings (SSSR count). The van der Waals surface area contributed by atoms with Crippen LogP contribution in [0.1, 0.15) is 6.42 Å². The molecule has 0 saturated carbocycles. The third-order valence-corrected chi connectivity index (χ3v) is 9.64. The number of nitrogens with zero attached hydrogens (tertiary/aromatic N) is 1. The van der Waals surface area contributed by atoms with Crippen LogP contribution in [0, 0.1) is 0 Å². The molecule has 2 saturated heterocycles. The van der Waals surface area contributed by atoms with Crippen LogP contribution in [-0.4, -0.2) is 81.7 Å². The summed E-state index contributed by atoms with van der Waals surface area (Å²) in [6.07, 6.45) is -5.13. The van der Waals surface area contributed by atoms with E-state index in [2.05, 4.69) is 23.0 Å². The topological polar surface area (TPSA) is 237 Å². The van der Waals surface area contributed by atoms with Crippen molar-refractivity contribution in [2.75, 3.05) is 20.4 Å². The predicted octanol–water partition coefficient (Wildman–Crippen LogP) is -1.34. The summed E-state index contributed by atoms with van der Waals surface area (Å²) in [4.78, 5) is 43.0. The fourth-order valence-corrected chi connectivity index (χ4v) is 7.81. The molecule has 6 atom stereocenters. The van der Waals surface area contributed by atoms with E-state index in [1.807, 2.05) is 0 Å². The highest BCUT2D eigenvalue weighted by molar-refractivity contribution is 7.74. The zero-order valence-electron chi connectivity index (χ0n) is 16.1. The first-order valence-corrected chi connectivity index (χ1v) is 13.1. The van der Waals surface area contributed by atoms with Gasteiger partial charge in [-0.05, 0) is 0 Å². The SMILES string of the molecule is COC(=O)CC1=CN([C@@H]2O[C@H](COP3(=O)OP(=O)(O)OP(=O)(O)O3)C(O)[C@@H]2O)CNC1=O. The first-order chi connectivity index (χ1) is 14.7. The van der Waals surface area contributed by atoms with Crippen molar-refractivity contribution < 1.29 is 70.2 Å². The highest BCUT2D eigenvalue weighted by atomic mass is 31.3. The third kappa shape index (κ3) is 5.83. The average molecular weight is 524 g/mol. The summed E-state index contributed by atoms with van der Waals surface area (Å²) in [6.45, 7) is -1.06. The number of aliphatic hydroxyl groups is 2. The number of aliphatic hydroxyl groups excluding tert-OH is 2. The summed E-state index contributed by atoms with van der Waals surface area (Å²) in [6, 6.07) is 0. The molecular formula is C12H19N2O15P3. The fraction of sp³-hybridized carbons (Fsp3) is 0.667. The Labute approximate surface area is 179 Å². The molecule has 2 fully saturated rings. The van der Waals surface area contributed by atoms with Gasteiger partial charge in [0.2, 0.25) is 0 Å². The number of hydrogen-bond acceptors (Lipinski definition) is 14. The molecule has 17 nitrogen and oxygen atoms in total. The molecule has 0 bridgehead atoms. The zero-order chi connectivity index (χ0) is 23.9. The van der Waals surface area contributed by atoms with Crippen LogP contribution >= 0.6 is 23.5 Å². The van der Waals surface area contributed by atoms with Crippen LogP contribution in [0.3, 0.4) is 0 Å². The maximum absolute atomic E-state index is 12.3. The Bertz CT molecular complexity index is 926. The van der Waals surface area contributed by atoms with Crippen LogP contribution in [0.2, 0.25) is 0 Å². The molecule has 3 aliphatic heterocycles. The van der Waals surface area contributed by atoms with E-state index in [0.717, 1.165) is 7.11 Å². The number of rotatable bonds is 6. The Hall–Kier alpha value is -1.19. The van der Waals surface area contributed by atoms with Crippen LogP contribution in [0.5, 0.6) is 0 Å². The van der Waals surface area contributed by atoms with Crippen molar-refractivity contribution in [1.29, 1.82) is 0 Å². The molecule has 20 heteroatoms. The van der Waals surface area contributed by atoms with Crippen molar-refractivity contribution in [3.8, 4) is 0 Å². The summed E-state index contributed by atoms with van der Waals surface area (Å²) in [7, 11) is -14.5. The van der Waals surface area contributed by atoms with Crippen molar-refractivity contribution in [3.05, 3.63) is 11.8 Å². The van der Waals surface area contributed by atoms with Crippen molar-refractivity contribution in [3.63, 3.8) is 0 Å². The fourth-order valence-electron chi connectivity index (χ4n) is 2.88. The summed E-state index contributed by atoms with van der Waals surface area (Å²) in [5, 5.41) is 22.9. The van der Waals surface area contributed by atoms with E-state index in [1.54, 1.807) is 0 Å². The van der Waals surface area contributed by atoms with E-state index in [0.29, 0.717) is 0 Å². The Kier molecular flexibility index (Phi) is 7.33. The van der Waals surface area contributed by atoms with Gasteiger partial charge in [0.05, 0.1) is 26.8 Å². The first-order valence-electron chi connectivity index (χ1n) is 8.61. The van der Waals surface area contributed by atoms with Gasteiger partial charge in [-0.15, -0.1) is 0 Å². The summed E-state index contributed by atoms with van der Waals surface area (Å²) in [5.41, 5.74) is -0.0149. The molecule has 0 aliphatic carbocycles. The van der Waals surface area contributed by atoms with E-state index in [9.17, 15) is 43.3 Å². The lowest BCUT2D eigenvalue weighted by atomic mass is 10.1. The summed E-state index contributed by atoms with van der Waals surface area (Å²) in [5.74, 6) is -1.26. The minimum atomic E-state index is -5.25. The molecule has 5 N–H and O–H groups in total. The normalized spacial score (nSPS) is 42.3. The van der Waals surface area contributed by atoms with Crippen molar-refractivity contribution in [2.45, 2.75) is 31.0 Å². The van der Waals surface area contributed by atoms with Gasteiger partial charge < -0.3 is 39.7 Å². The second-order valence-corrected chi connectivity index (χ2v) is 11.5. The molecule has 0 radical (unpaired) electrons. The molecule has 1 amide bonds. The molecule has 32 heavy (non-hydrogen) atoms. The maximum atomic E-state index is 12.3. The number of hydrogen-bond donors (Lipinski definition) is 5. The van der Waals surface area contributed by atoms with Crippen LogP contribution in [0.4, 0.5) is 0 Å². The molecular weight excluding hydrogens is 505 g/mol. The van der Waals surface area contributed by atoms with Gasteiger partial charge in [-0.1, -0.05) is 0 Å². The minimum Gasteiger partial charge on any atom is -0.469 e. The lowest BCUT2D eigenvalue weighted by molar-refractivity contribution is -0.141. The quantitative estimate of drug-likeness (QED) is 0.200. The van der Waals surface area contributed by atoms with E-state index in [4.69, 9.17) is 9.26 Å². The monoisotopic (exact) mass is 524 g/mol. The van der Waals surface area contributed by atoms with Gasteiger partial charge in [-0.2, -0.15) is 12.9 Å². The van der Waals surface area contributed by atoms with E-state index < -0.39 is 66.5 Å². The standard InChI is InChI=1S/C12H19N2O15P3/c1-24-8(15)2-6-3-14(5-13-11(6)18)12-10(17)9(16)7(26-12)4-25-32(23)28-30(19,20)27-31(21,22)29-32/h3,7,9-10,12,16-17H,2,4-5H2,1H3,(H,13,18)(H,19,20)(H,21,22)/t7-,9?,10+,12-/m1/s1. The lowest BCUT2D eigenvalue weighted by Crippen LogP contribution is -2.49. The van der Waals surface area contributed by atoms with Crippen LogP contribution in [0.25, 0.3) is 0 Å². The highest BCUT2D eigenvalue weighted by Gasteiger charge is 2.55. The smallest absolute Gasteiger partial charge is 0.469 e. The zero-order valence-corrected chi connectivity index (χ0v) is 18.8. The predicted molar refractivity (Wildman–Crippen MR) is 96.7 cm³/mol. The number of ether oxygens (including phenoxy) is 2. The number of nitrogens with one attached hydrogen (secondary N) is 1. The van der Waals surface area contributed by atoms with E-state index in [-0.39, 0.29) is 18.7 Å². The first kappa shape index (κ1) is 25.4. The van der Waals surface area contributed by atoms with Gasteiger partial charge in [-0.25, -0.2) is 13.7 Å². The van der Waals surface area contributed by atoms with Gasteiger partial charge in [0, 0.05) is 11.8 Å². The van der Waals surface area contributed by atoms with Crippen molar-refractivity contribution in [1.82, 2.24) is 10.2 Å². The third-order valence-electron chi connectivity index (χ3n) is 4.27.